The second-order valence-corrected chi connectivity index (χ2v) is 8.64. The van der Waals surface area contributed by atoms with Crippen molar-refractivity contribution in [3.8, 4) is 0 Å². The first-order chi connectivity index (χ1) is 12.1. The van der Waals surface area contributed by atoms with E-state index in [2.05, 4.69) is 5.32 Å². The second kappa shape index (κ2) is 8.10. The number of rotatable bonds is 6. The highest BCUT2D eigenvalue weighted by atomic mass is 35.5. The molecule has 0 aliphatic heterocycles. The summed E-state index contributed by atoms with van der Waals surface area (Å²) in [6, 6.07) is 11.6. The Kier molecular flexibility index (Phi) is 6.31. The predicted octanol–water partition coefficient (Wildman–Crippen LogP) is 3.43. The Balaban J connectivity index is 2.20. The molecule has 2 rings (SSSR count). The van der Waals surface area contributed by atoms with Crippen molar-refractivity contribution in [1.29, 1.82) is 0 Å². The van der Waals surface area contributed by atoms with Crippen LogP contribution in [0.1, 0.15) is 23.6 Å². The van der Waals surface area contributed by atoms with Gasteiger partial charge < -0.3 is 5.32 Å². The third-order valence-electron chi connectivity index (χ3n) is 4.21. The zero-order valence-electron chi connectivity index (χ0n) is 15.3. The van der Waals surface area contributed by atoms with E-state index >= 15 is 0 Å². The van der Waals surface area contributed by atoms with Crippen LogP contribution in [-0.2, 0) is 21.4 Å². The third kappa shape index (κ3) is 4.99. The smallest absolute Gasteiger partial charge is 0.243 e. The van der Waals surface area contributed by atoms with Crippen molar-refractivity contribution < 1.29 is 13.2 Å². The lowest BCUT2D eigenvalue weighted by atomic mass is 10.1. The first kappa shape index (κ1) is 20.3. The van der Waals surface area contributed by atoms with E-state index in [0.717, 1.165) is 27.3 Å². The van der Waals surface area contributed by atoms with Gasteiger partial charge in [-0.1, -0.05) is 29.8 Å². The number of amides is 1. The van der Waals surface area contributed by atoms with E-state index in [-0.39, 0.29) is 5.91 Å². The number of anilines is 1. The quantitative estimate of drug-likeness (QED) is 0.816. The molecule has 140 valence electrons. The number of halogens is 1. The summed E-state index contributed by atoms with van der Waals surface area (Å²) in [7, 11) is -3.63. The topological polar surface area (TPSA) is 66.5 Å². The van der Waals surface area contributed by atoms with E-state index < -0.39 is 16.1 Å². The van der Waals surface area contributed by atoms with E-state index in [1.54, 1.807) is 31.2 Å². The minimum Gasteiger partial charge on any atom is -0.350 e. The standard InChI is InChI=1S/C19H23ClN2O3S/c1-13-5-10-18(11-14(13)2)22(26(4,24)25)15(3)19(23)21-12-16-6-8-17(20)9-7-16/h5-11,15H,12H2,1-4H3,(H,21,23)/t15-/m0/s1. The van der Waals surface area contributed by atoms with Gasteiger partial charge in [-0.15, -0.1) is 0 Å². The number of benzene rings is 2. The van der Waals surface area contributed by atoms with Crippen LogP contribution in [0.15, 0.2) is 42.5 Å². The van der Waals surface area contributed by atoms with Gasteiger partial charge in [-0.2, -0.15) is 0 Å². The Labute approximate surface area is 160 Å². The van der Waals surface area contributed by atoms with E-state index in [4.69, 9.17) is 11.6 Å². The van der Waals surface area contributed by atoms with Crippen molar-refractivity contribution in [3.63, 3.8) is 0 Å². The largest absolute Gasteiger partial charge is 0.350 e. The molecular weight excluding hydrogens is 372 g/mol. The number of sulfonamides is 1. The maximum atomic E-state index is 12.6. The van der Waals surface area contributed by atoms with Crippen LogP contribution in [0.5, 0.6) is 0 Å². The van der Waals surface area contributed by atoms with E-state index in [0.29, 0.717) is 17.3 Å². The van der Waals surface area contributed by atoms with Crippen molar-refractivity contribution in [2.75, 3.05) is 10.6 Å². The summed E-state index contributed by atoms with van der Waals surface area (Å²) >= 11 is 5.85. The third-order valence-corrected chi connectivity index (χ3v) is 5.71. The molecule has 0 unspecified atom stereocenters. The molecule has 0 spiro atoms. The van der Waals surface area contributed by atoms with Crippen molar-refractivity contribution in [2.24, 2.45) is 0 Å². The molecule has 2 aromatic carbocycles. The van der Waals surface area contributed by atoms with Crippen LogP contribution in [0.4, 0.5) is 5.69 Å². The fourth-order valence-electron chi connectivity index (χ4n) is 2.61. The SMILES string of the molecule is Cc1ccc(N([C@@H](C)C(=O)NCc2ccc(Cl)cc2)S(C)(=O)=O)cc1C. The molecule has 0 aliphatic carbocycles. The average molecular weight is 395 g/mol. The number of carbonyl (C=O) groups excluding carboxylic acids is 1. The van der Waals surface area contributed by atoms with Crippen molar-refractivity contribution in [1.82, 2.24) is 5.32 Å². The molecule has 0 aromatic heterocycles. The number of hydrogen-bond acceptors (Lipinski definition) is 3. The highest BCUT2D eigenvalue weighted by Gasteiger charge is 2.29. The molecule has 0 aliphatic rings. The average Bonchev–Trinajstić information content (AvgIpc) is 2.56. The first-order valence-corrected chi connectivity index (χ1v) is 10.4. The van der Waals surface area contributed by atoms with E-state index in [1.807, 2.05) is 32.0 Å². The van der Waals surface area contributed by atoms with Crippen LogP contribution >= 0.6 is 11.6 Å². The lowest BCUT2D eigenvalue weighted by molar-refractivity contribution is -0.122. The van der Waals surface area contributed by atoms with Gasteiger partial charge >= 0.3 is 0 Å². The molecule has 0 fully saturated rings. The molecule has 0 saturated heterocycles. The van der Waals surface area contributed by atoms with E-state index in [9.17, 15) is 13.2 Å². The number of nitrogens with zero attached hydrogens (tertiary/aromatic N) is 1. The van der Waals surface area contributed by atoms with Crippen molar-refractivity contribution >= 4 is 33.2 Å². The maximum absolute atomic E-state index is 12.6. The van der Waals surface area contributed by atoms with Gasteiger partial charge in [-0.25, -0.2) is 8.42 Å². The van der Waals surface area contributed by atoms with Crippen LogP contribution in [0.25, 0.3) is 0 Å². The summed E-state index contributed by atoms with van der Waals surface area (Å²) in [6.45, 7) is 5.73. The molecule has 5 nitrogen and oxygen atoms in total. The van der Waals surface area contributed by atoms with Gasteiger partial charge in [0.25, 0.3) is 0 Å². The highest BCUT2D eigenvalue weighted by molar-refractivity contribution is 7.92. The normalized spacial score (nSPS) is 12.5. The van der Waals surface area contributed by atoms with Crippen LogP contribution < -0.4 is 9.62 Å². The second-order valence-electron chi connectivity index (χ2n) is 6.35. The summed E-state index contributed by atoms with van der Waals surface area (Å²) in [6.07, 6.45) is 1.10. The Morgan fingerprint density at radius 1 is 1.12 bits per heavy atom. The molecule has 1 amide bonds. The Hall–Kier alpha value is -2.05. The van der Waals surface area contributed by atoms with Crippen molar-refractivity contribution in [3.05, 3.63) is 64.2 Å². The van der Waals surface area contributed by atoms with Gasteiger partial charge in [0.1, 0.15) is 6.04 Å². The van der Waals surface area contributed by atoms with Crippen molar-refractivity contribution in [2.45, 2.75) is 33.4 Å². The van der Waals surface area contributed by atoms with Gasteiger partial charge in [-0.05, 0) is 61.7 Å². The number of carbonyl (C=O) groups is 1. The molecular formula is C19H23ClN2O3S. The Bertz CT molecular complexity index is 896. The molecule has 2 aromatic rings. The fourth-order valence-corrected chi connectivity index (χ4v) is 3.90. The summed E-state index contributed by atoms with van der Waals surface area (Å²) in [4.78, 5) is 12.6. The zero-order valence-corrected chi connectivity index (χ0v) is 16.9. The molecule has 1 atom stereocenters. The highest BCUT2D eigenvalue weighted by Crippen LogP contribution is 2.23. The number of hydrogen-bond donors (Lipinski definition) is 1. The molecule has 7 heteroatoms. The van der Waals surface area contributed by atoms with Gasteiger partial charge in [0, 0.05) is 11.6 Å². The van der Waals surface area contributed by atoms with Gasteiger partial charge in [0.2, 0.25) is 15.9 Å². The fraction of sp³-hybridized carbons (Fsp3) is 0.316. The summed E-state index contributed by atoms with van der Waals surface area (Å²) in [5, 5.41) is 3.40. The Morgan fingerprint density at radius 3 is 2.27 bits per heavy atom. The predicted molar refractivity (Wildman–Crippen MR) is 106 cm³/mol. The van der Waals surface area contributed by atoms with Gasteiger partial charge in [0.05, 0.1) is 11.9 Å². The molecule has 0 bridgehead atoms. The van der Waals surface area contributed by atoms with Crippen LogP contribution in [0, 0.1) is 13.8 Å². The lowest BCUT2D eigenvalue weighted by Gasteiger charge is -2.28. The van der Waals surface area contributed by atoms with Crippen LogP contribution in [0.3, 0.4) is 0 Å². The van der Waals surface area contributed by atoms with Gasteiger partial charge in [-0.3, -0.25) is 9.10 Å². The summed E-state index contributed by atoms with van der Waals surface area (Å²) < 4.78 is 25.8. The molecule has 26 heavy (non-hydrogen) atoms. The van der Waals surface area contributed by atoms with Gasteiger partial charge in [0.15, 0.2) is 0 Å². The monoisotopic (exact) mass is 394 g/mol. The van der Waals surface area contributed by atoms with Crippen LogP contribution in [0.2, 0.25) is 5.02 Å². The summed E-state index contributed by atoms with van der Waals surface area (Å²) in [5.41, 5.74) is 3.38. The minimum absolute atomic E-state index is 0.296. The zero-order chi connectivity index (χ0) is 19.5. The number of aryl methyl sites for hydroxylation is 2. The molecule has 0 radical (unpaired) electrons. The molecule has 0 heterocycles. The minimum atomic E-state index is -3.63. The maximum Gasteiger partial charge on any atom is 0.243 e. The number of nitrogens with one attached hydrogen (secondary N) is 1. The van der Waals surface area contributed by atoms with Crippen LogP contribution in [-0.4, -0.2) is 26.6 Å². The lowest BCUT2D eigenvalue weighted by Crippen LogP contribution is -2.47. The Morgan fingerprint density at radius 2 is 1.73 bits per heavy atom. The molecule has 0 saturated carbocycles. The first-order valence-electron chi connectivity index (χ1n) is 8.18. The van der Waals surface area contributed by atoms with E-state index in [1.165, 1.54) is 0 Å². The summed E-state index contributed by atoms with van der Waals surface area (Å²) in [5.74, 6) is -0.372. The molecule has 1 N–H and O–H groups in total.